The predicted octanol–water partition coefficient (Wildman–Crippen LogP) is 1.25. The van der Waals surface area contributed by atoms with E-state index in [4.69, 9.17) is 18.9 Å². The molecule has 0 aliphatic carbocycles. The van der Waals surface area contributed by atoms with Crippen LogP contribution in [0.2, 0.25) is 0 Å². The third kappa shape index (κ3) is 4.44. The van der Waals surface area contributed by atoms with Crippen LogP contribution in [0.4, 0.5) is 4.79 Å². The Morgan fingerprint density at radius 1 is 1.12 bits per heavy atom. The molecule has 140 valence electrons. The van der Waals surface area contributed by atoms with Crippen LogP contribution in [-0.2, 0) is 19.1 Å². The number of amides is 2. The maximum absolute atomic E-state index is 11.8. The highest BCUT2D eigenvalue weighted by Gasteiger charge is 2.28. The van der Waals surface area contributed by atoms with E-state index in [1.807, 2.05) is 0 Å². The molecule has 2 amide bonds. The number of methoxy groups -OCH3 is 3. The van der Waals surface area contributed by atoms with Crippen LogP contribution in [0.15, 0.2) is 18.2 Å². The van der Waals surface area contributed by atoms with Crippen molar-refractivity contribution in [3.05, 3.63) is 23.8 Å². The van der Waals surface area contributed by atoms with Gasteiger partial charge >= 0.3 is 12.1 Å². The van der Waals surface area contributed by atoms with Gasteiger partial charge in [-0.15, -0.1) is 0 Å². The fourth-order valence-electron chi connectivity index (χ4n) is 2.22. The number of cyclic esters (lactones) is 1. The fourth-order valence-corrected chi connectivity index (χ4v) is 2.22. The van der Waals surface area contributed by atoms with E-state index < -0.39 is 24.6 Å². The van der Waals surface area contributed by atoms with Crippen molar-refractivity contribution in [3.8, 4) is 17.2 Å². The molecule has 26 heavy (non-hydrogen) atoms. The van der Waals surface area contributed by atoms with E-state index in [1.165, 1.54) is 27.4 Å². The molecule has 1 aliphatic heterocycles. The van der Waals surface area contributed by atoms with Crippen LogP contribution >= 0.6 is 0 Å². The Balaban J connectivity index is 2.01. The number of esters is 1. The Bertz CT molecular complexity index is 728. The van der Waals surface area contributed by atoms with Gasteiger partial charge in [0.1, 0.15) is 12.4 Å². The summed E-state index contributed by atoms with van der Waals surface area (Å²) in [6.45, 7) is -0.271. The zero-order valence-corrected chi connectivity index (χ0v) is 14.6. The molecule has 1 aromatic carbocycles. The Kier molecular flexibility index (Phi) is 6.42. The number of benzene rings is 1. The van der Waals surface area contributed by atoms with E-state index in [0.29, 0.717) is 22.8 Å². The summed E-state index contributed by atoms with van der Waals surface area (Å²) < 4.78 is 25.1. The number of hydrogen-bond acceptors (Lipinski definition) is 8. The number of nitrogens with zero attached hydrogens (tertiary/aromatic N) is 1. The zero-order valence-electron chi connectivity index (χ0n) is 14.6. The first-order valence-corrected chi connectivity index (χ1v) is 7.62. The minimum atomic E-state index is -0.747. The molecule has 0 N–H and O–H groups in total. The van der Waals surface area contributed by atoms with Crippen LogP contribution in [0.3, 0.4) is 0 Å². The second-order valence-electron chi connectivity index (χ2n) is 5.05. The van der Waals surface area contributed by atoms with Gasteiger partial charge in [0.2, 0.25) is 0 Å². The lowest BCUT2D eigenvalue weighted by atomic mass is 10.1. The quantitative estimate of drug-likeness (QED) is 0.526. The molecule has 0 aromatic heterocycles. The highest BCUT2D eigenvalue weighted by Crippen LogP contribution is 2.35. The summed E-state index contributed by atoms with van der Waals surface area (Å²) in [6.07, 6.45) is 1.86. The molecule has 1 fully saturated rings. The highest BCUT2D eigenvalue weighted by atomic mass is 16.6. The Morgan fingerprint density at radius 2 is 1.77 bits per heavy atom. The second-order valence-corrected chi connectivity index (χ2v) is 5.05. The summed E-state index contributed by atoms with van der Waals surface area (Å²) in [4.78, 5) is 35.7. The van der Waals surface area contributed by atoms with E-state index in [1.54, 1.807) is 12.1 Å². The molecule has 0 bridgehead atoms. The zero-order chi connectivity index (χ0) is 19.1. The summed E-state index contributed by atoms with van der Waals surface area (Å²) >= 11 is 0. The van der Waals surface area contributed by atoms with Crippen molar-refractivity contribution < 1.29 is 38.1 Å². The molecular weight excluding hydrogens is 346 g/mol. The average molecular weight is 365 g/mol. The SMILES string of the molecule is COc1cc(OC)c(OC)cc1/C=C/C(=O)OCC(=O)N1CCOC1=O. The van der Waals surface area contributed by atoms with E-state index >= 15 is 0 Å². The largest absolute Gasteiger partial charge is 0.496 e. The van der Waals surface area contributed by atoms with Crippen molar-refractivity contribution in [2.24, 2.45) is 0 Å². The molecule has 0 saturated carbocycles. The second kappa shape index (κ2) is 8.75. The van der Waals surface area contributed by atoms with Gasteiger partial charge in [-0.2, -0.15) is 0 Å². The van der Waals surface area contributed by atoms with Gasteiger partial charge < -0.3 is 23.7 Å². The maximum Gasteiger partial charge on any atom is 0.416 e. The molecule has 2 rings (SSSR count). The lowest BCUT2D eigenvalue weighted by Gasteiger charge is -2.12. The Morgan fingerprint density at radius 3 is 2.35 bits per heavy atom. The van der Waals surface area contributed by atoms with Gasteiger partial charge in [0.05, 0.1) is 27.9 Å². The molecule has 0 spiro atoms. The van der Waals surface area contributed by atoms with Gasteiger partial charge in [0.25, 0.3) is 5.91 Å². The van der Waals surface area contributed by atoms with Crippen LogP contribution in [-0.4, -0.2) is 64.0 Å². The smallest absolute Gasteiger partial charge is 0.416 e. The van der Waals surface area contributed by atoms with Crippen molar-refractivity contribution >= 4 is 24.0 Å². The number of ether oxygens (including phenoxy) is 5. The number of carbonyl (C=O) groups is 3. The number of carbonyl (C=O) groups excluding carboxylic acids is 3. The first-order chi connectivity index (χ1) is 12.5. The monoisotopic (exact) mass is 365 g/mol. The van der Waals surface area contributed by atoms with Crippen LogP contribution in [0.5, 0.6) is 17.2 Å². The molecule has 1 saturated heterocycles. The number of rotatable bonds is 7. The molecular formula is C17H19NO8. The molecule has 1 aliphatic rings. The normalized spacial score (nSPS) is 13.5. The summed E-state index contributed by atoms with van der Waals surface area (Å²) in [5.74, 6) is 0.0134. The van der Waals surface area contributed by atoms with Crippen molar-refractivity contribution in [1.82, 2.24) is 4.90 Å². The van der Waals surface area contributed by atoms with Gasteiger partial charge in [-0.3, -0.25) is 4.79 Å². The number of imide groups is 1. The molecule has 0 atom stereocenters. The van der Waals surface area contributed by atoms with Gasteiger partial charge in [-0.25, -0.2) is 14.5 Å². The van der Waals surface area contributed by atoms with Crippen molar-refractivity contribution in [3.63, 3.8) is 0 Å². The van der Waals surface area contributed by atoms with Crippen LogP contribution < -0.4 is 14.2 Å². The minimum absolute atomic E-state index is 0.136. The Labute approximate surface area is 150 Å². The van der Waals surface area contributed by atoms with E-state index in [9.17, 15) is 14.4 Å². The fraction of sp³-hybridized carbons (Fsp3) is 0.353. The molecule has 1 aromatic rings. The van der Waals surface area contributed by atoms with Crippen molar-refractivity contribution in [2.75, 3.05) is 41.1 Å². The van der Waals surface area contributed by atoms with Crippen LogP contribution in [0.1, 0.15) is 5.56 Å². The average Bonchev–Trinajstić information content (AvgIpc) is 3.09. The van der Waals surface area contributed by atoms with E-state index in [-0.39, 0.29) is 13.2 Å². The van der Waals surface area contributed by atoms with Gasteiger partial charge in [-0.1, -0.05) is 0 Å². The predicted molar refractivity (Wildman–Crippen MR) is 89.2 cm³/mol. The summed E-state index contributed by atoms with van der Waals surface area (Å²) in [5, 5.41) is 0. The first-order valence-electron chi connectivity index (χ1n) is 7.62. The molecule has 9 heteroatoms. The van der Waals surface area contributed by atoms with Crippen LogP contribution in [0, 0.1) is 0 Å². The Hall–Kier alpha value is -3.23. The standard InChI is InChI=1S/C17H19NO8/c1-22-12-9-14(24-3)13(23-2)8-11(12)4-5-16(20)26-10-15(19)18-6-7-25-17(18)21/h4-5,8-9H,6-7,10H2,1-3H3/b5-4+. The third-order valence-electron chi connectivity index (χ3n) is 3.53. The summed E-state index contributed by atoms with van der Waals surface area (Å²) in [5.41, 5.74) is 0.552. The topological polar surface area (TPSA) is 101 Å². The van der Waals surface area contributed by atoms with Crippen LogP contribution in [0.25, 0.3) is 6.08 Å². The van der Waals surface area contributed by atoms with Gasteiger partial charge in [-0.05, 0) is 12.1 Å². The molecule has 0 unspecified atom stereocenters. The summed E-state index contributed by atoms with van der Waals surface area (Å²) in [6, 6.07) is 3.25. The van der Waals surface area contributed by atoms with Gasteiger partial charge in [0.15, 0.2) is 18.1 Å². The summed E-state index contributed by atoms with van der Waals surface area (Å²) in [7, 11) is 4.46. The molecule has 9 nitrogen and oxygen atoms in total. The van der Waals surface area contributed by atoms with E-state index in [0.717, 1.165) is 11.0 Å². The maximum atomic E-state index is 11.8. The highest BCUT2D eigenvalue weighted by molar-refractivity contribution is 5.95. The first kappa shape index (κ1) is 19.1. The third-order valence-corrected chi connectivity index (χ3v) is 3.53. The van der Waals surface area contributed by atoms with Gasteiger partial charge in [0, 0.05) is 17.7 Å². The van der Waals surface area contributed by atoms with E-state index in [2.05, 4.69) is 4.74 Å². The lowest BCUT2D eigenvalue weighted by Crippen LogP contribution is -2.35. The molecule has 0 radical (unpaired) electrons. The number of hydrogen-bond donors (Lipinski definition) is 0. The van der Waals surface area contributed by atoms with Crippen molar-refractivity contribution in [1.29, 1.82) is 0 Å². The molecule has 1 heterocycles. The minimum Gasteiger partial charge on any atom is -0.496 e. The lowest BCUT2D eigenvalue weighted by molar-refractivity contribution is -0.146. The van der Waals surface area contributed by atoms with Crippen molar-refractivity contribution in [2.45, 2.75) is 0 Å².